The zero-order valence-corrected chi connectivity index (χ0v) is 9.92. The highest BCUT2D eigenvalue weighted by Gasteiger charge is 2.65. The minimum Gasteiger partial charge on any atom is -0.467 e. The number of alkyl halides is 2. The second-order valence-electron chi connectivity index (χ2n) is 4.46. The molecule has 1 atom stereocenters. The molecular formula is C14H11F2NO2. The number of hydrogen-bond donors (Lipinski definition) is 0. The summed E-state index contributed by atoms with van der Waals surface area (Å²) in [4.78, 5) is 12.7. The van der Waals surface area contributed by atoms with Crippen LogP contribution >= 0.6 is 0 Å². The average molecular weight is 263 g/mol. The van der Waals surface area contributed by atoms with E-state index in [9.17, 15) is 13.6 Å². The molecular weight excluding hydrogens is 252 g/mol. The van der Waals surface area contributed by atoms with Crippen LogP contribution in [0.1, 0.15) is 17.4 Å². The molecule has 0 aliphatic carbocycles. The first-order chi connectivity index (χ1) is 9.10. The minimum absolute atomic E-state index is 0.112. The molecule has 3 nitrogen and oxygen atoms in total. The number of hydrogen-bond acceptors (Lipinski definition) is 2. The maximum Gasteiger partial charge on any atom is 0.351 e. The molecule has 0 radical (unpaired) electrons. The van der Waals surface area contributed by atoms with Gasteiger partial charge >= 0.3 is 5.92 Å². The third-order valence-corrected chi connectivity index (χ3v) is 3.21. The van der Waals surface area contributed by atoms with Gasteiger partial charge in [0.15, 0.2) is 6.04 Å². The zero-order chi connectivity index (χ0) is 13.5. The SMILES string of the molecule is O=C1N(Cc2ccccc2)[C@@H](c2ccco2)C1(F)F. The van der Waals surface area contributed by atoms with Crippen molar-refractivity contribution >= 4 is 5.91 Å². The van der Waals surface area contributed by atoms with E-state index in [0.717, 1.165) is 10.5 Å². The Labute approximate surface area is 108 Å². The van der Waals surface area contributed by atoms with E-state index in [4.69, 9.17) is 4.42 Å². The van der Waals surface area contributed by atoms with Crippen LogP contribution in [0.5, 0.6) is 0 Å². The number of carbonyl (C=O) groups excluding carboxylic acids is 1. The van der Waals surface area contributed by atoms with Crippen molar-refractivity contribution in [1.29, 1.82) is 0 Å². The van der Waals surface area contributed by atoms with Gasteiger partial charge in [0.1, 0.15) is 5.76 Å². The molecule has 2 heterocycles. The van der Waals surface area contributed by atoms with Gasteiger partial charge in [-0.2, -0.15) is 8.78 Å². The lowest BCUT2D eigenvalue weighted by Crippen LogP contribution is -2.63. The molecule has 5 heteroatoms. The first-order valence-electron chi connectivity index (χ1n) is 5.87. The van der Waals surface area contributed by atoms with Gasteiger partial charge in [-0.1, -0.05) is 30.3 Å². The molecule has 0 saturated carbocycles. The summed E-state index contributed by atoms with van der Waals surface area (Å²) in [6, 6.07) is 10.7. The number of halogens is 2. The zero-order valence-electron chi connectivity index (χ0n) is 9.92. The van der Waals surface area contributed by atoms with Gasteiger partial charge in [0.2, 0.25) is 0 Å². The second-order valence-corrected chi connectivity index (χ2v) is 4.46. The smallest absolute Gasteiger partial charge is 0.351 e. The lowest BCUT2D eigenvalue weighted by atomic mass is 9.93. The van der Waals surface area contributed by atoms with E-state index in [1.54, 1.807) is 24.3 Å². The summed E-state index contributed by atoms with van der Waals surface area (Å²) in [6.45, 7) is 0.153. The Morgan fingerprint density at radius 3 is 2.53 bits per heavy atom. The van der Waals surface area contributed by atoms with Crippen LogP contribution in [-0.4, -0.2) is 16.7 Å². The van der Waals surface area contributed by atoms with E-state index in [2.05, 4.69) is 0 Å². The van der Waals surface area contributed by atoms with Gasteiger partial charge < -0.3 is 9.32 Å². The van der Waals surface area contributed by atoms with E-state index in [0.29, 0.717) is 0 Å². The van der Waals surface area contributed by atoms with Gasteiger partial charge in [-0.05, 0) is 17.7 Å². The molecule has 2 aromatic rings. The van der Waals surface area contributed by atoms with Crippen LogP contribution in [0.4, 0.5) is 8.78 Å². The van der Waals surface area contributed by atoms with Crippen LogP contribution in [0.15, 0.2) is 53.1 Å². The first-order valence-corrected chi connectivity index (χ1v) is 5.87. The van der Waals surface area contributed by atoms with E-state index < -0.39 is 17.9 Å². The molecule has 1 aromatic heterocycles. The number of furan rings is 1. The fourth-order valence-corrected chi connectivity index (χ4v) is 2.28. The molecule has 0 bridgehead atoms. The Kier molecular flexibility index (Phi) is 2.62. The molecule has 0 unspecified atom stereocenters. The Balaban J connectivity index is 1.87. The average Bonchev–Trinajstić information content (AvgIpc) is 2.92. The number of carbonyl (C=O) groups is 1. The summed E-state index contributed by atoms with van der Waals surface area (Å²) in [5, 5.41) is 0. The second kappa shape index (κ2) is 4.19. The van der Waals surface area contributed by atoms with Gasteiger partial charge in [0.05, 0.1) is 6.26 Å². The summed E-state index contributed by atoms with van der Waals surface area (Å²) >= 11 is 0. The molecule has 1 fully saturated rings. The number of amides is 1. The monoisotopic (exact) mass is 263 g/mol. The lowest BCUT2D eigenvalue weighted by Gasteiger charge is -2.45. The van der Waals surface area contributed by atoms with E-state index in [1.165, 1.54) is 18.4 Å². The Bertz CT molecular complexity index is 581. The summed E-state index contributed by atoms with van der Waals surface area (Å²) in [6.07, 6.45) is 1.33. The van der Waals surface area contributed by atoms with Crippen molar-refractivity contribution in [3.8, 4) is 0 Å². The maximum atomic E-state index is 13.7. The summed E-state index contributed by atoms with van der Waals surface area (Å²) < 4.78 is 32.3. The van der Waals surface area contributed by atoms with Gasteiger partial charge in [-0.15, -0.1) is 0 Å². The minimum atomic E-state index is -3.38. The molecule has 1 aliphatic heterocycles. The van der Waals surface area contributed by atoms with Crippen LogP contribution < -0.4 is 0 Å². The molecule has 3 rings (SSSR count). The number of likely N-dealkylation sites (tertiary alicyclic amines) is 1. The normalized spacial score (nSPS) is 21.3. The van der Waals surface area contributed by atoms with Gasteiger partial charge in [-0.3, -0.25) is 4.79 Å². The highest BCUT2D eigenvalue weighted by atomic mass is 19.3. The Hall–Kier alpha value is -2.17. The third kappa shape index (κ3) is 1.82. The van der Waals surface area contributed by atoms with Gasteiger partial charge in [0, 0.05) is 6.54 Å². The van der Waals surface area contributed by atoms with Crippen LogP contribution in [0.25, 0.3) is 0 Å². The maximum absolute atomic E-state index is 13.7. The van der Waals surface area contributed by atoms with Crippen molar-refractivity contribution in [2.24, 2.45) is 0 Å². The predicted octanol–water partition coefficient (Wildman–Crippen LogP) is 3.00. The number of nitrogens with zero attached hydrogens (tertiary/aromatic N) is 1. The molecule has 1 aromatic carbocycles. The number of β-lactam (4-membered cyclic amide) rings is 1. The highest BCUT2D eigenvalue weighted by molar-refractivity contribution is 5.91. The standard InChI is InChI=1S/C14H11F2NO2/c15-14(16)12(11-7-4-8-19-11)17(13(14)18)9-10-5-2-1-3-6-10/h1-8,12H,9H2/t12-/m0/s1. The van der Waals surface area contributed by atoms with E-state index in [-0.39, 0.29) is 12.3 Å². The van der Waals surface area contributed by atoms with Crippen molar-refractivity contribution in [2.75, 3.05) is 0 Å². The largest absolute Gasteiger partial charge is 0.467 e. The number of rotatable bonds is 3. The molecule has 1 aliphatic rings. The van der Waals surface area contributed by atoms with Crippen molar-refractivity contribution in [3.05, 3.63) is 60.1 Å². The topological polar surface area (TPSA) is 33.5 Å². The Morgan fingerprint density at radius 1 is 1.16 bits per heavy atom. The Morgan fingerprint density at radius 2 is 1.89 bits per heavy atom. The fourth-order valence-electron chi connectivity index (χ4n) is 2.28. The van der Waals surface area contributed by atoms with Gasteiger partial charge in [-0.25, -0.2) is 0 Å². The molecule has 19 heavy (non-hydrogen) atoms. The molecule has 98 valence electrons. The third-order valence-electron chi connectivity index (χ3n) is 3.21. The molecule has 0 N–H and O–H groups in total. The van der Waals surface area contributed by atoms with Crippen molar-refractivity contribution < 1.29 is 18.0 Å². The van der Waals surface area contributed by atoms with Crippen LogP contribution in [0, 0.1) is 0 Å². The van der Waals surface area contributed by atoms with Crippen LogP contribution in [0.2, 0.25) is 0 Å². The predicted molar refractivity (Wildman–Crippen MR) is 63.4 cm³/mol. The van der Waals surface area contributed by atoms with Crippen molar-refractivity contribution in [1.82, 2.24) is 4.90 Å². The lowest BCUT2D eigenvalue weighted by molar-refractivity contribution is -0.210. The molecule has 1 amide bonds. The van der Waals surface area contributed by atoms with Gasteiger partial charge in [0.25, 0.3) is 5.91 Å². The first kappa shape index (κ1) is 11.9. The van der Waals surface area contributed by atoms with Crippen molar-refractivity contribution in [3.63, 3.8) is 0 Å². The van der Waals surface area contributed by atoms with Crippen molar-refractivity contribution in [2.45, 2.75) is 18.5 Å². The van der Waals surface area contributed by atoms with Crippen LogP contribution in [0.3, 0.4) is 0 Å². The summed E-state index contributed by atoms with van der Waals surface area (Å²) in [5.74, 6) is -4.43. The summed E-state index contributed by atoms with van der Waals surface area (Å²) in [7, 11) is 0. The summed E-state index contributed by atoms with van der Waals surface area (Å²) in [5.41, 5.74) is 0.808. The fraction of sp³-hybridized carbons (Fsp3) is 0.214. The van der Waals surface area contributed by atoms with E-state index >= 15 is 0 Å². The quantitative estimate of drug-likeness (QED) is 0.798. The number of benzene rings is 1. The molecule has 1 saturated heterocycles. The molecule has 0 spiro atoms. The highest BCUT2D eigenvalue weighted by Crippen LogP contribution is 2.48. The van der Waals surface area contributed by atoms with E-state index in [1.807, 2.05) is 6.07 Å². The van der Waals surface area contributed by atoms with Crippen LogP contribution in [-0.2, 0) is 11.3 Å².